The summed E-state index contributed by atoms with van der Waals surface area (Å²) in [7, 11) is -1.70. The van der Waals surface area contributed by atoms with Crippen LogP contribution in [-0.2, 0) is 18.8 Å². The summed E-state index contributed by atoms with van der Waals surface area (Å²) in [5.74, 6) is -0.273. The summed E-state index contributed by atoms with van der Waals surface area (Å²) in [5.41, 5.74) is 0. The number of rotatable bonds is 6. The van der Waals surface area contributed by atoms with Crippen LogP contribution in [0.15, 0.2) is 0 Å². The number of aldehydes is 1. The van der Waals surface area contributed by atoms with Gasteiger partial charge in [0.2, 0.25) is 0 Å². The molecule has 0 radical (unpaired) electrons. The maximum absolute atomic E-state index is 11.4. The van der Waals surface area contributed by atoms with E-state index in [0.29, 0.717) is 12.8 Å². The molecule has 1 saturated heterocycles. The first-order valence-corrected chi connectivity index (χ1v) is 9.94. The van der Waals surface area contributed by atoms with E-state index in [-0.39, 0.29) is 30.0 Å². The van der Waals surface area contributed by atoms with Gasteiger partial charge >= 0.3 is 5.97 Å². The minimum absolute atomic E-state index is 0.0351. The maximum Gasteiger partial charge on any atom is 0.306 e. The Morgan fingerprint density at radius 3 is 2.47 bits per heavy atom. The number of carbonyl (C=O) groups excluding carboxylic acids is 2. The van der Waals surface area contributed by atoms with E-state index >= 15 is 0 Å². The molecule has 0 unspecified atom stereocenters. The van der Waals surface area contributed by atoms with Gasteiger partial charge in [-0.2, -0.15) is 0 Å². The first kappa shape index (κ1) is 14.7. The van der Waals surface area contributed by atoms with Crippen molar-refractivity contribution in [2.24, 2.45) is 11.8 Å². The van der Waals surface area contributed by atoms with Gasteiger partial charge in [0.25, 0.3) is 0 Å². The lowest BCUT2D eigenvalue weighted by atomic mass is 9.94. The second-order valence-corrected chi connectivity index (χ2v) is 10.5. The molecule has 0 aromatic heterocycles. The number of hydrogen-bond acceptors (Lipinski definition) is 4. The van der Waals surface area contributed by atoms with E-state index in [1.54, 1.807) is 0 Å². The van der Waals surface area contributed by atoms with Crippen LogP contribution in [0.2, 0.25) is 18.1 Å². The van der Waals surface area contributed by atoms with Crippen molar-refractivity contribution in [1.29, 1.82) is 0 Å². The fourth-order valence-corrected chi connectivity index (χ4v) is 6.43. The van der Waals surface area contributed by atoms with Crippen molar-refractivity contribution < 1.29 is 18.8 Å². The fraction of sp³-hybridized carbons (Fsp3) is 0.857. The van der Waals surface area contributed by atoms with Crippen molar-refractivity contribution in [1.82, 2.24) is 0 Å². The van der Waals surface area contributed by atoms with Gasteiger partial charge in [0.1, 0.15) is 12.4 Å². The summed E-state index contributed by atoms with van der Waals surface area (Å²) in [6.07, 6.45) is 1.94. The molecule has 0 aromatic carbocycles. The highest BCUT2D eigenvalue weighted by Crippen LogP contribution is 2.43. The lowest BCUT2D eigenvalue weighted by Gasteiger charge is -2.33. The lowest BCUT2D eigenvalue weighted by Crippen LogP contribution is -2.42. The molecule has 2 rings (SSSR count). The highest BCUT2D eigenvalue weighted by molar-refractivity contribution is 6.73. The van der Waals surface area contributed by atoms with E-state index in [1.165, 1.54) is 0 Å². The topological polar surface area (TPSA) is 52.6 Å². The molecular weight excluding hydrogens is 260 g/mol. The molecular formula is C14H24O4Si. The third-order valence-corrected chi connectivity index (χ3v) is 9.71. The molecule has 5 heteroatoms. The highest BCUT2D eigenvalue weighted by Gasteiger charge is 2.52. The molecule has 0 amide bonds. The molecule has 1 aliphatic heterocycles. The minimum Gasteiger partial charge on any atom is -0.462 e. The normalized spacial score (nSPS) is 34.2. The zero-order valence-electron chi connectivity index (χ0n) is 12.1. The first-order valence-electron chi connectivity index (χ1n) is 7.41. The van der Waals surface area contributed by atoms with Gasteiger partial charge in [0.15, 0.2) is 8.32 Å². The molecule has 0 aromatic rings. The van der Waals surface area contributed by atoms with Crippen LogP contribution in [0.4, 0.5) is 0 Å². The van der Waals surface area contributed by atoms with E-state index in [2.05, 4.69) is 20.8 Å². The van der Waals surface area contributed by atoms with Crippen molar-refractivity contribution in [3.63, 3.8) is 0 Å². The van der Waals surface area contributed by atoms with Crippen molar-refractivity contribution in [2.45, 2.75) is 64.0 Å². The van der Waals surface area contributed by atoms with E-state index in [9.17, 15) is 9.59 Å². The Balaban J connectivity index is 2.09. The Hall–Kier alpha value is -0.683. The molecule has 4 atom stereocenters. The van der Waals surface area contributed by atoms with E-state index < -0.39 is 8.32 Å². The molecule has 1 aliphatic carbocycles. The molecule has 4 nitrogen and oxygen atoms in total. The van der Waals surface area contributed by atoms with Crippen LogP contribution in [0.25, 0.3) is 0 Å². The third-order valence-electron chi connectivity index (χ3n) is 5.04. The number of esters is 1. The van der Waals surface area contributed by atoms with Crippen LogP contribution in [0, 0.1) is 11.8 Å². The van der Waals surface area contributed by atoms with E-state index in [0.717, 1.165) is 24.4 Å². The van der Waals surface area contributed by atoms with Crippen molar-refractivity contribution in [3.8, 4) is 0 Å². The second-order valence-electron chi connectivity index (χ2n) is 5.75. The lowest BCUT2D eigenvalue weighted by molar-refractivity contribution is -0.141. The summed E-state index contributed by atoms with van der Waals surface area (Å²) in [4.78, 5) is 22.7. The molecule has 19 heavy (non-hydrogen) atoms. The van der Waals surface area contributed by atoms with Crippen molar-refractivity contribution in [3.05, 3.63) is 0 Å². The summed E-state index contributed by atoms with van der Waals surface area (Å²) >= 11 is 0. The zero-order chi connectivity index (χ0) is 14.0. The Bertz CT molecular complexity index is 345. The van der Waals surface area contributed by atoms with Crippen LogP contribution in [-0.4, -0.2) is 32.8 Å². The monoisotopic (exact) mass is 284 g/mol. The number of carbonyl (C=O) groups is 2. The highest BCUT2D eigenvalue weighted by atomic mass is 28.4. The second kappa shape index (κ2) is 5.75. The molecule has 2 fully saturated rings. The van der Waals surface area contributed by atoms with Crippen molar-refractivity contribution in [2.75, 3.05) is 0 Å². The van der Waals surface area contributed by atoms with E-state index in [4.69, 9.17) is 9.16 Å². The Morgan fingerprint density at radius 1 is 1.32 bits per heavy atom. The quantitative estimate of drug-likeness (QED) is 0.427. The molecule has 1 heterocycles. The van der Waals surface area contributed by atoms with Gasteiger partial charge in [-0.25, -0.2) is 0 Å². The largest absolute Gasteiger partial charge is 0.462 e. The molecule has 1 saturated carbocycles. The van der Waals surface area contributed by atoms with Gasteiger partial charge in [-0.1, -0.05) is 20.8 Å². The summed E-state index contributed by atoms with van der Waals surface area (Å²) < 4.78 is 11.7. The predicted molar refractivity (Wildman–Crippen MR) is 74.2 cm³/mol. The van der Waals surface area contributed by atoms with Gasteiger partial charge in [-0.05, 0) is 18.1 Å². The van der Waals surface area contributed by atoms with Crippen LogP contribution >= 0.6 is 0 Å². The fourth-order valence-electron chi connectivity index (χ4n) is 3.53. The number of ether oxygens (including phenoxy) is 1. The van der Waals surface area contributed by atoms with Crippen LogP contribution in [0.1, 0.15) is 33.6 Å². The smallest absolute Gasteiger partial charge is 0.306 e. The molecule has 108 valence electrons. The van der Waals surface area contributed by atoms with Gasteiger partial charge in [-0.3, -0.25) is 4.79 Å². The van der Waals surface area contributed by atoms with Gasteiger partial charge in [-0.15, -0.1) is 0 Å². The Morgan fingerprint density at radius 2 is 1.95 bits per heavy atom. The van der Waals surface area contributed by atoms with Gasteiger partial charge < -0.3 is 14.0 Å². The summed E-state index contributed by atoms with van der Waals surface area (Å²) in [6.45, 7) is 6.56. The minimum atomic E-state index is -1.70. The van der Waals surface area contributed by atoms with Gasteiger partial charge in [0.05, 0.1) is 12.5 Å². The SMILES string of the molecule is CC[Si](CC)(CC)O[C@@H]1C[C@@H]2OC(=O)C[C@@H]2[C@H]1C=O. The predicted octanol–water partition coefficient (Wildman–Crippen LogP) is 2.53. The Labute approximate surface area is 116 Å². The van der Waals surface area contributed by atoms with E-state index in [1.807, 2.05) is 0 Å². The maximum atomic E-state index is 11.4. The molecule has 0 N–H and O–H groups in total. The number of fused-ring (bicyclic) bond motifs is 1. The Kier molecular flexibility index (Phi) is 4.45. The number of hydrogen-bond donors (Lipinski definition) is 0. The standard InChI is InChI=1S/C14H24O4Si/c1-4-19(5-2,6-3)18-13-8-12-10(11(13)9-15)7-14(16)17-12/h9-13H,4-8H2,1-3H3/t10-,11-,12+,13-/m1/s1. The third kappa shape index (κ3) is 2.63. The zero-order valence-corrected chi connectivity index (χ0v) is 13.1. The van der Waals surface area contributed by atoms with Crippen LogP contribution in [0.3, 0.4) is 0 Å². The molecule has 0 spiro atoms. The molecule has 2 aliphatic rings. The van der Waals surface area contributed by atoms with Crippen LogP contribution < -0.4 is 0 Å². The van der Waals surface area contributed by atoms with Crippen LogP contribution in [0.5, 0.6) is 0 Å². The summed E-state index contributed by atoms with van der Waals surface area (Å²) in [5, 5.41) is 0. The summed E-state index contributed by atoms with van der Waals surface area (Å²) in [6, 6.07) is 3.24. The van der Waals surface area contributed by atoms with Crippen molar-refractivity contribution >= 4 is 20.6 Å². The first-order chi connectivity index (χ1) is 9.09. The molecule has 0 bridgehead atoms. The average molecular weight is 284 g/mol. The average Bonchev–Trinajstić information content (AvgIpc) is 2.91. The van der Waals surface area contributed by atoms with Gasteiger partial charge in [0, 0.05) is 18.3 Å².